The Balaban J connectivity index is 1.99. The molecule has 1 aromatic rings. The van der Waals surface area contributed by atoms with Crippen LogP contribution in [0.3, 0.4) is 0 Å². The molecule has 0 aromatic carbocycles. The standard InChI is InChI=1S/C9H10N2O2S/c12-9(13)7-6-14-8(10-7)5-11-3-1-2-4-11/h1-2,6H,3-5H2,(H,12,13). The lowest BCUT2D eigenvalue weighted by atomic mass is 10.5. The molecule has 5 heteroatoms. The lowest BCUT2D eigenvalue weighted by Gasteiger charge is -2.11. The highest BCUT2D eigenvalue weighted by Crippen LogP contribution is 2.13. The van der Waals surface area contributed by atoms with Crippen LogP contribution in [0.4, 0.5) is 0 Å². The third-order valence-electron chi connectivity index (χ3n) is 2.02. The maximum absolute atomic E-state index is 10.6. The van der Waals surface area contributed by atoms with Gasteiger partial charge in [0.2, 0.25) is 0 Å². The quantitative estimate of drug-likeness (QED) is 0.762. The summed E-state index contributed by atoms with van der Waals surface area (Å²) in [6, 6.07) is 0. The lowest BCUT2D eigenvalue weighted by Crippen LogP contribution is -2.19. The highest BCUT2D eigenvalue weighted by atomic mass is 32.1. The summed E-state index contributed by atoms with van der Waals surface area (Å²) in [5, 5.41) is 11.1. The summed E-state index contributed by atoms with van der Waals surface area (Å²) in [7, 11) is 0. The number of thiazole rings is 1. The molecular formula is C9H10N2O2S. The van der Waals surface area contributed by atoms with Crippen LogP contribution in [-0.2, 0) is 6.54 Å². The number of carboxylic acid groups (broad SMARTS) is 1. The van der Waals surface area contributed by atoms with Crippen LogP contribution in [0.25, 0.3) is 0 Å². The second-order valence-corrected chi connectivity index (χ2v) is 4.04. The SMILES string of the molecule is O=C(O)c1csc(CN2CC=CC2)n1. The Kier molecular flexibility index (Phi) is 2.60. The molecule has 0 radical (unpaired) electrons. The van der Waals surface area contributed by atoms with Crippen molar-refractivity contribution in [3.63, 3.8) is 0 Å². The van der Waals surface area contributed by atoms with Gasteiger partial charge in [0.1, 0.15) is 5.01 Å². The molecule has 2 rings (SSSR count). The number of hydrogen-bond donors (Lipinski definition) is 1. The van der Waals surface area contributed by atoms with Gasteiger partial charge in [-0.3, -0.25) is 4.90 Å². The van der Waals surface area contributed by atoms with Gasteiger partial charge >= 0.3 is 5.97 Å². The third kappa shape index (κ3) is 2.00. The van der Waals surface area contributed by atoms with Gasteiger partial charge in [-0.15, -0.1) is 11.3 Å². The van der Waals surface area contributed by atoms with E-state index in [9.17, 15) is 4.79 Å². The minimum Gasteiger partial charge on any atom is -0.476 e. The van der Waals surface area contributed by atoms with E-state index in [4.69, 9.17) is 5.11 Å². The fraction of sp³-hybridized carbons (Fsp3) is 0.333. The van der Waals surface area contributed by atoms with E-state index in [0.29, 0.717) is 0 Å². The van der Waals surface area contributed by atoms with E-state index in [1.807, 2.05) is 0 Å². The highest BCUT2D eigenvalue weighted by Gasteiger charge is 2.12. The predicted molar refractivity (Wildman–Crippen MR) is 53.5 cm³/mol. The summed E-state index contributed by atoms with van der Waals surface area (Å²) in [5.74, 6) is -0.952. The van der Waals surface area contributed by atoms with Crippen molar-refractivity contribution in [3.8, 4) is 0 Å². The Hall–Kier alpha value is -1.20. The van der Waals surface area contributed by atoms with Crippen molar-refractivity contribution in [2.24, 2.45) is 0 Å². The average molecular weight is 210 g/mol. The van der Waals surface area contributed by atoms with Crippen LogP contribution in [0.5, 0.6) is 0 Å². The third-order valence-corrected chi connectivity index (χ3v) is 2.86. The lowest BCUT2D eigenvalue weighted by molar-refractivity contribution is 0.0691. The number of hydrogen-bond acceptors (Lipinski definition) is 4. The molecule has 0 saturated carbocycles. The van der Waals surface area contributed by atoms with Crippen molar-refractivity contribution in [1.29, 1.82) is 0 Å². The van der Waals surface area contributed by atoms with Crippen LogP contribution in [0, 0.1) is 0 Å². The molecule has 1 aromatic heterocycles. The maximum Gasteiger partial charge on any atom is 0.355 e. The van der Waals surface area contributed by atoms with Crippen molar-refractivity contribution in [3.05, 3.63) is 28.2 Å². The minimum atomic E-state index is -0.952. The zero-order chi connectivity index (χ0) is 9.97. The van der Waals surface area contributed by atoms with Crippen molar-refractivity contribution in [2.75, 3.05) is 13.1 Å². The van der Waals surface area contributed by atoms with Gasteiger partial charge in [-0.25, -0.2) is 9.78 Å². The summed E-state index contributed by atoms with van der Waals surface area (Å²) >= 11 is 1.40. The molecule has 0 saturated heterocycles. The van der Waals surface area contributed by atoms with Gasteiger partial charge in [0.05, 0.1) is 6.54 Å². The molecule has 0 atom stereocenters. The van der Waals surface area contributed by atoms with Crippen molar-refractivity contribution in [2.45, 2.75) is 6.54 Å². The van der Waals surface area contributed by atoms with Gasteiger partial charge in [-0.1, -0.05) is 12.2 Å². The molecule has 0 unspecified atom stereocenters. The monoisotopic (exact) mass is 210 g/mol. The Bertz CT molecular complexity index is 365. The molecule has 1 aliphatic rings. The zero-order valence-electron chi connectivity index (χ0n) is 7.51. The van der Waals surface area contributed by atoms with Gasteiger partial charge < -0.3 is 5.11 Å². The van der Waals surface area contributed by atoms with Crippen LogP contribution >= 0.6 is 11.3 Å². The Labute approximate surface area is 85.5 Å². The molecular weight excluding hydrogens is 200 g/mol. The molecule has 14 heavy (non-hydrogen) atoms. The first kappa shape index (κ1) is 9.36. The normalized spacial score (nSPS) is 16.3. The molecule has 1 N–H and O–H groups in total. The van der Waals surface area contributed by atoms with Crippen LogP contribution in [-0.4, -0.2) is 34.0 Å². The average Bonchev–Trinajstić information content (AvgIpc) is 2.75. The van der Waals surface area contributed by atoms with Gasteiger partial charge in [-0.05, 0) is 0 Å². The molecule has 2 heterocycles. The van der Waals surface area contributed by atoms with E-state index >= 15 is 0 Å². The number of aromatic nitrogens is 1. The molecule has 0 aliphatic carbocycles. The van der Waals surface area contributed by atoms with Gasteiger partial charge in [0, 0.05) is 18.5 Å². The van der Waals surface area contributed by atoms with E-state index in [-0.39, 0.29) is 5.69 Å². The number of carbonyl (C=O) groups is 1. The first-order chi connectivity index (χ1) is 6.75. The summed E-state index contributed by atoms with van der Waals surface area (Å²) in [4.78, 5) is 16.8. The smallest absolute Gasteiger partial charge is 0.355 e. The van der Waals surface area contributed by atoms with Crippen molar-refractivity contribution in [1.82, 2.24) is 9.88 Å². The van der Waals surface area contributed by atoms with E-state index in [1.54, 1.807) is 5.38 Å². The Morgan fingerprint density at radius 1 is 1.57 bits per heavy atom. The predicted octanol–water partition coefficient (Wildman–Crippen LogP) is 1.21. The van der Waals surface area contributed by atoms with Gasteiger partial charge in [0.25, 0.3) is 0 Å². The second-order valence-electron chi connectivity index (χ2n) is 3.10. The number of aromatic carboxylic acids is 1. The van der Waals surface area contributed by atoms with Crippen LogP contribution in [0.2, 0.25) is 0 Å². The van der Waals surface area contributed by atoms with Crippen LogP contribution in [0.15, 0.2) is 17.5 Å². The number of carboxylic acids is 1. The molecule has 0 bridgehead atoms. The summed E-state index contributed by atoms with van der Waals surface area (Å²) in [6.45, 7) is 2.61. The second kappa shape index (κ2) is 3.89. The van der Waals surface area contributed by atoms with Gasteiger partial charge in [0.15, 0.2) is 5.69 Å². The molecule has 1 aliphatic heterocycles. The van der Waals surface area contributed by atoms with Crippen LogP contribution < -0.4 is 0 Å². The van der Waals surface area contributed by atoms with Gasteiger partial charge in [-0.2, -0.15) is 0 Å². The van der Waals surface area contributed by atoms with E-state index < -0.39 is 5.97 Å². The zero-order valence-corrected chi connectivity index (χ0v) is 8.33. The first-order valence-corrected chi connectivity index (χ1v) is 5.19. The molecule has 4 nitrogen and oxygen atoms in total. The van der Waals surface area contributed by atoms with Crippen molar-refractivity contribution >= 4 is 17.3 Å². The molecule has 74 valence electrons. The first-order valence-electron chi connectivity index (χ1n) is 4.31. The summed E-state index contributed by atoms with van der Waals surface area (Å²) in [6.07, 6.45) is 4.21. The highest BCUT2D eigenvalue weighted by molar-refractivity contribution is 7.09. The largest absolute Gasteiger partial charge is 0.476 e. The molecule has 0 fully saturated rings. The van der Waals surface area contributed by atoms with Crippen molar-refractivity contribution < 1.29 is 9.90 Å². The summed E-state index contributed by atoms with van der Waals surface area (Å²) in [5.41, 5.74) is 0.150. The summed E-state index contributed by atoms with van der Waals surface area (Å²) < 4.78 is 0. The van der Waals surface area contributed by atoms with E-state index in [0.717, 1.165) is 24.6 Å². The fourth-order valence-corrected chi connectivity index (χ4v) is 2.13. The minimum absolute atomic E-state index is 0.150. The van der Waals surface area contributed by atoms with E-state index in [2.05, 4.69) is 22.0 Å². The maximum atomic E-state index is 10.6. The topological polar surface area (TPSA) is 53.4 Å². The van der Waals surface area contributed by atoms with Crippen LogP contribution in [0.1, 0.15) is 15.5 Å². The fourth-order valence-electron chi connectivity index (χ4n) is 1.32. The molecule has 0 amide bonds. The Morgan fingerprint density at radius 2 is 2.29 bits per heavy atom. The Morgan fingerprint density at radius 3 is 2.86 bits per heavy atom. The molecule has 0 spiro atoms. The van der Waals surface area contributed by atoms with E-state index in [1.165, 1.54) is 11.3 Å². The number of nitrogens with zero attached hydrogens (tertiary/aromatic N) is 2. The number of rotatable bonds is 3.